The maximum absolute atomic E-state index is 13.4. The minimum atomic E-state index is -1.12. The van der Waals surface area contributed by atoms with Gasteiger partial charge in [0.05, 0.1) is 12.8 Å². The van der Waals surface area contributed by atoms with E-state index >= 15 is 0 Å². The lowest BCUT2D eigenvalue weighted by atomic mass is 10.1. The Morgan fingerprint density at radius 1 is 1.36 bits per heavy atom. The Kier molecular flexibility index (Phi) is 4.08. The van der Waals surface area contributed by atoms with Crippen LogP contribution in [0, 0.1) is 5.82 Å². The van der Waals surface area contributed by atoms with Crippen molar-refractivity contribution in [3.05, 3.63) is 32.9 Å². The van der Waals surface area contributed by atoms with Gasteiger partial charge >= 0.3 is 5.69 Å². The first-order chi connectivity index (χ1) is 10.5. The molecule has 122 valence electrons. The summed E-state index contributed by atoms with van der Waals surface area (Å²) in [5, 5.41) is 0. The average molecular weight is 319 g/mol. The maximum Gasteiger partial charge on any atom is 0.330 e. The van der Waals surface area contributed by atoms with Gasteiger partial charge in [0.15, 0.2) is 6.23 Å². The van der Waals surface area contributed by atoms with Gasteiger partial charge in [-0.25, -0.2) is 10.7 Å². The monoisotopic (exact) mass is 319 g/mol. The van der Waals surface area contributed by atoms with Crippen LogP contribution in [0.2, 0.25) is 0 Å². The van der Waals surface area contributed by atoms with Crippen molar-refractivity contribution < 1.29 is 28.2 Å². The zero-order chi connectivity index (χ0) is 15.9. The third-order valence-corrected chi connectivity index (χ3v) is 3.47. The summed E-state index contributed by atoms with van der Waals surface area (Å²) in [6.07, 6.45) is -2.31. The number of methoxy groups -OCH3 is 1. The van der Waals surface area contributed by atoms with Gasteiger partial charge in [-0.1, -0.05) is 0 Å². The molecule has 0 saturated carbocycles. The number of hydrogen-bond acceptors (Lipinski definition) is 8. The number of aromatic amines is 1. The first kappa shape index (κ1) is 15.3. The molecule has 1 aromatic heterocycles. The van der Waals surface area contributed by atoms with E-state index in [2.05, 4.69) is 4.84 Å². The second-order valence-electron chi connectivity index (χ2n) is 4.77. The SMILES string of the molecule is COC1O[C@@H]2[C@H](O1)[C@@H](CON)O[C@H]2n1cc(F)c(=O)[nH]c1=O. The molecule has 5 atom stereocenters. The van der Waals surface area contributed by atoms with Gasteiger partial charge in [-0.05, 0) is 0 Å². The molecule has 3 heterocycles. The fraction of sp³-hybridized carbons (Fsp3) is 0.636. The summed E-state index contributed by atoms with van der Waals surface area (Å²) in [5.74, 6) is 3.91. The molecule has 3 rings (SSSR count). The maximum atomic E-state index is 13.4. The van der Waals surface area contributed by atoms with Gasteiger partial charge < -0.3 is 23.8 Å². The lowest BCUT2D eigenvalue weighted by Gasteiger charge is -2.20. The molecule has 2 saturated heterocycles. The van der Waals surface area contributed by atoms with Gasteiger partial charge in [0.1, 0.15) is 18.3 Å². The molecule has 11 heteroatoms. The number of rotatable bonds is 4. The highest BCUT2D eigenvalue weighted by Crippen LogP contribution is 2.38. The number of ether oxygens (including phenoxy) is 4. The Balaban J connectivity index is 1.95. The van der Waals surface area contributed by atoms with Gasteiger partial charge in [0, 0.05) is 7.11 Å². The molecule has 2 fully saturated rings. The highest BCUT2D eigenvalue weighted by atomic mass is 19.1. The minimum Gasteiger partial charge on any atom is -0.346 e. The van der Waals surface area contributed by atoms with Crippen molar-refractivity contribution in [1.82, 2.24) is 9.55 Å². The van der Waals surface area contributed by atoms with Crippen LogP contribution in [0.25, 0.3) is 0 Å². The van der Waals surface area contributed by atoms with Crippen LogP contribution in [0.4, 0.5) is 4.39 Å². The number of fused-ring (bicyclic) bond motifs is 1. The molecule has 0 bridgehead atoms. The molecule has 0 radical (unpaired) electrons. The van der Waals surface area contributed by atoms with Crippen LogP contribution in [-0.2, 0) is 23.8 Å². The van der Waals surface area contributed by atoms with Gasteiger partial charge in [-0.15, -0.1) is 0 Å². The van der Waals surface area contributed by atoms with E-state index in [9.17, 15) is 14.0 Å². The Morgan fingerprint density at radius 2 is 2.09 bits per heavy atom. The first-order valence-corrected chi connectivity index (χ1v) is 6.37. The largest absolute Gasteiger partial charge is 0.346 e. The molecule has 3 N–H and O–H groups in total. The Labute approximate surface area is 122 Å². The van der Waals surface area contributed by atoms with Crippen LogP contribution >= 0.6 is 0 Å². The Hall–Kier alpha value is -1.63. The van der Waals surface area contributed by atoms with Gasteiger partial charge in [0.2, 0.25) is 5.82 Å². The van der Waals surface area contributed by atoms with E-state index in [-0.39, 0.29) is 6.61 Å². The highest BCUT2D eigenvalue weighted by Gasteiger charge is 2.54. The van der Waals surface area contributed by atoms with Crippen molar-refractivity contribution in [3.8, 4) is 0 Å². The van der Waals surface area contributed by atoms with Crippen molar-refractivity contribution in [2.75, 3.05) is 13.7 Å². The number of aromatic nitrogens is 2. The molecule has 0 amide bonds. The first-order valence-electron chi connectivity index (χ1n) is 6.37. The Bertz CT molecular complexity index is 662. The van der Waals surface area contributed by atoms with Gasteiger partial charge in [-0.2, -0.15) is 4.39 Å². The molecule has 1 unspecified atom stereocenters. The van der Waals surface area contributed by atoms with E-state index in [1.807, 2.05) is 4.98 Å². The van der Waals surface area contributed by atoms with Crippen LogP contribution < -0.4 is 17.1 Å². The van der Waals surface area contributed by atoms with Crippen molar-refractivity contribution in [1.29, 1.82) is 0 Å². The van der Waals surface area contributed by atoms with E-state index in [0.29, 0.717) is 0 Å². The molecule has 2 aliphatic rings. The average Bonchev–Trinajstić information content (AvgIpc) is 3.03. The predicted octanol–water partition coefficient (Wildman–Crippen LogP) is -1.82. The second kappa shape index (κ2) is 5.87. The summed E-state index contributed by atoms with van der Waals surface area (Å²) in [6.45, 7) is -0.983. The highest BCUT2D eigenvalue weighted by molar-refractivity contribution is 4.97. The number of nitrogens with zero attached hydrogens (tertiary/aromatic N) is 1. The predicted molar refractivity (Wildman–Crippen MR) is 65.9 cm³/mol. The van der Waals surface area contributed by atoms with Gasteiger partial charge in [-0.3, -0.25) is 14.3 Å². The van der Waals surface area contributed by atoms with Crippen LogP contribution in [0.5, 0.6) is 0 Å². The molecule has 0 aliphatic carbocycles. The van der Waals surface area contributed by atoms with E-state index in [1.54, 1.807) is 0 Å². The number of halogens is 1. The lowest BCUT2D eigenvalue weighted by molar-refractivity contribution is -0.258. The van der Waals surface area contributed by atoms with Crippen molar-refractivity contribution >= 4 is 0 Å². The van der Waals surface area contributed by atoms with Crippen LogP contribution in [0.1, 0.15) is 6.23 Å². The lowest BCUT2D eigenvalue weighted by Crippen LogP contribution is -2.38. The third-order valence-electron chi connectivity index (χ3n) is 3.47. The molecular weight excluding hydrogens is 305 g/mol. The number of H-pyrrole nitrogens is 1. The summed E-state index contributed by atoms with van der Waals surface area (Å²) in [4.78, 5) is 29.4. The fourth-order valence-electron chi connectivity index (χ4n) is 2.52. The standard InChI is InChI=1S/C11H14FN3O7/c1-18-11-21-6-5(3-19-13)20-9(7(6)22-11)15-2-4(12)8(16)14-10(15)17/h2,5-7,9,11H,3,13H2,1H3,(H,14,16,17)/t5-,6-,7-,9-,11?/m1/s1. The van der Waals surface area contributed by atoms with Crippen LogP contribution in [-0.4, -0.2) is 48.1 Å². The molecule has 2 aliphatic heterocycles. The summed E-state index contributed by atoms with van der Waals surface area (Å²) >= 11 is 0. The third kappa shape index (κ3) is 2.47. The molecular formula is C11H14FN3O7. The van der Waals surface area contributed by atoms with Gasteiger partial charge in [0.25, 0.3) is 12.0 Å². The zero-order valence-corrected chi connectivity index (χ0v) is 11.4. The minimum absolute atomic E-state index is 0.0297. The number of nitrogens with one attached hydrogen (secondary N) is 1. The van der Waals surface area contributed by atoms with Crippen LogP contribution in [0.15, 0.2) is 15.8 Å². The molecule has 0 spiro atoms. The Morgan fingerprint density at radius 3 is 2.77 bits per heavy atom. The van der Waals surface area contributed by atoms with Crippen molar-refractivity contribution in [3.63, 3.8) is 0 Å². The normalized spacial score (nSPS) is 34.0. The fourth-order valence-corrected chi connectivity index (χ4v) is 2.52. The van der Waals surface area contributed by atoms with E-state index < -0.39 is 48.1 Å². The summed E-state index contributed by atoms with van der Waals surface area (Å²) < 4.78 is 35.8. The second-order valence-corrected chi connectivity index (χ2v) is 4.77. The zero-order valence-electron chi connectivity index (χ0n) is 11.4. The topological polar surface area (TPSA) is 127 Å². The molecule has 22 heavy (non-hydrogen) atoms. The number of nitrogens with two attached hydrogens (primary N) is 1. The van der Waals surface area contributed by atoms with E-state index in [1.165, 1.54) is 7.11 Å². The van der Waals surface area contributed by atoms with Crippen molar-refractivity contribution in [2.24, 2.45) is 5.90 Å². The summed E-state index contributed by atoms with van der Waals surface area (Å²) in [5.41, 5.74) is -1.95. The molecule has 10 nitrogen and oxygen atoms in total. The molecule has 0 aromatic carbocycles. The summed E-state index contributed by atoms with van der Waals surface area (Å²) in [6, 6.07) is 0. The van der Waals surface area contributed by atoms with Crippen molar-refractivity contribution in [2.45, 2.75) is 31.0 Å². The quantitative estimate of drug-likeness (QED) is 0.621. The van der Waals surface area contributed by atoms with E-state index in [0.717, 1.165) is 10.8 Å². The van der Waals surface area contributed by atoms with Crippen LogP contribution in [0.3, 0.4) is 0 Å². The smallest absolute Gasteiger partial charge is 0.330 e. The molecule has 1 aromatic rings. The van der Waals surface area contributed by atoms with E-state index in [4.69, 9.17) is 24.8 Å². The summed E-state index contributed by atoms with van der Waals surface area (Å²) in [7, 11) is 1.38. The number of hydrogen-bond donors (Lipinski definition) is 2.